The fourth-order valence-electron chi connectivity index (χ4n) is 2.86. The van der Waals surface area contributed by atoms with Crippen LogP contribution in [0.1, 0.15) is 32.5 Å². The quantitative estimate of drug-likeness (QED) is 0.672. The fourth-order valence-corrected chi connectivity index (χ4v) is 2.86. The first-order valence-electron chi connectivity index (χ1n) is 6.95. The molecule has 0 saturated carbocycles. The SMILES string of the molecule is Cc1nn(C(C)C)c(N2C[C@@H](C)[C@H](C(=O)O)C2)c1[N+](=O)[O-]. The third kappa shape index (κ3) is 2.57. The first kappa shape index (κ1) is 15.3. The number of aliphatic carboxylic acids is 1. The molecular formula is C13H20N4O4. The summed E-state index contributed by atoms with van der Waals surface area (Å²) in [7, 11) is 0. The maximum Gasteiger partial charge on any atom is 0.333 e. The van der Waals surface area contributed by atoms with Crippen molar-refractivity contribution in [3.63, 3.8) is 0 Å². The molecule has 8 nitrogen and oxygen atoms in total. The molecule has 1 aliphatic rings. The van der Waals surface area contributed by atoms with Crippen molar-refractivity contribution in [3.05, 3.63) is 15.8 Å². The molecule has 0 aromatic carbocycles. The van der Waals surface area contributed by atoms with Gasteiger partial charge in [-0.25, -0.2) is 4.68 Å². The molecule has 1 aromatic rings. The minimum atomic E-state index is -0.861. The van der Waals surface area contributed by atoms with E-state index in [4.69, 9.17) is 0 Å². The van der Waals surface area contributed by atoms with Crippen molar-refractivity contribution in [1.82, 2.24) is 9.78 Å². The molecule has 0 bridgehead atoms. The van der Waals surface area contributed by atoms with E-state index < -0.39 is 16.8 Å². The first-order chi connectivity index (χ1) is 9.73. The van der Waals surface area contributed by atoms with Crippen molar-refractivity contribution in [2.45, 2.75) is 33.7 Å². The largest absolute Gasteiger partial charge is 0.481 e. The molecule has 8 heteroatoms. The molecule has 1 saturated heterocycles. The second-order valence-electron chi connectivity index (χ2n) is 5.88. The van der Waals surface area contributed by atoms with E-state index in [-0.39, 0.29) is 24.2 Å². The van der Waals surface area contributed by atoms with E-state index in [9.17, 15) is 20.0 Å². The van der Waals surface area contributed by atoms with Gasteiger partial charge in [0, 0.05) is 19.1 Å². The number of nitrogens with zero attached hydrogens (tertiary/aromatic N) is 4. The third-order valence-electron chi connectivity index (χ3n) is 3.93. The maximum absolute atomic E-state index is 11.3. The monoisotopic (exact) mass is 296 g/mol. The van der Waals surface area contributed by atoms with Gasteiger partial charge < -0.3 is 10.0 Å². The van der Waals surface area contributed by atoms with Crippen LogP contribution in [0.4, 0.5) is 11.5 Å². The molecule has 0 spiro atoms. The number of nitro groups is 1. The average molecular weight is 296 g/mol. The fraction of sp³-hybridized carbons (Fsp3) is 0.692. The molecule has 1 aliphatic heterocycles. The Hall–Kier alpha value is -2.12. The molecule has 2 atom stereocenters. The van der Waals surface area contributed by atoms with Crippen LogP contribution in [0, 0.1) is 28.9 Å². The summed E-state index contributed by atoms with van der Waals surface area (Å²) in [4.78, 5) is 23.9. The molecule has 1 N–H and O–H groups in total. The Morgan fingerprint density at radius 2 is 2.10 bits per heavy atom. The van der Waals surface area contributed by atoms with Crippen molar-refractivity contribution < 1.29 is 14.8 Å². The van der Waals surface area contributed by atoms with Gasteiger partial charge >= 0.3 is 11.7 Å². The smallest absolute Gasteiger partial charge is 0.333 e. The summed E-state index contributed by atoms with van der Waals surface area (Å²) in [6.07, 6.45) is 0. The van der Waals surface area contributed by atoms with Gasteiger partial charge in [0.15, 0.2) is 0 Å². The molecule has 1 aromatic heterocycles. The van der Waals surface area contributed by atoms with Gasteiger partial charge in [-0.3, -0.25) is 14.9 Å². The number of carboxylic acid groups (broad SMARTS) is 1. The van der Waals surface area contributed by atoms with Crippen molar-refractivity contribution in [1.29, 1.82) is 0 Å². The van der Waals surface area contributed by atoms with Gasteiger partial charge in [0.2, 0.25) is 5.82 Å². The molecule has 2 rings (SSSR count). The molecule has 2 heterocycles. The Labute approximate surface area is 122 Å². The van der Waals surface area contributed by atoms with Crippen molar-refractivity contribution in [2.24, 2.45) is 11.8 Å². The van der Waals surface area contributed by atoms with Gasteiger partial charge in [0.05, 0.1) is 10.8 Å². The van der Waals surface area contributed by atoms with Gasteiger partial charge in [-0.1, -0.05) is 6.92 Å². The highest BCUT2D eigenvalue weighted by molar-refractivity contribution is 5.73. The van der Waals surface area contributed by atoms with Crippen molar-refractivity contribution in [3.8, 4) is 0 Å². The lowest BCUT2D eigenvalue weighted by molar-refractivity contribution is -0.384. The van der Waals surface area contributed by atoms with Crippen LogP contribution in [0.2, 0.25) is 0 Å². The maximum atomic E-state index is 11.3. The van der Waals surface area contributed by atoms with Crippen LogP contribution < -0.4 is 4.90 Å². The summed E-state index contributed by atoms with van der Waals surface area (Å²) in [5.74, 6) is -1.01. The van der Waals surface area contributed by atoms with Crippen molar-refractivity contribution in [2.75, 3.05) is 18.0 Å². The highest BCUT2D eigenvalue weighted by atomic mass is 16.6. The second-order valence-corrected chi connectivity index (χ2v) is 5.88. The summed E-state index contributed by atoms with van der Waals surface area (Å²) in [6, 6.07) is -0.0356. The third-order valence-corrected chi connectivity index (χ3v) is 3.93. The van der Waals surface area contributed by atoms with E-state index in [1.165, 1.54) is 0 Å². The van der Waals surface area contributed by atoms with Crippen LogP contribution in [-0.4, -0.2) is 38.9 Å². The summed E-state index contributed by atoms with van der Waals surface area (Å²) in [5, 5.41) is 24.8. The van der Waals surface area contributed by atoms with Gasteiger partial charge in [-0.05, 0) is 26.7 Å². The predicted molar refractivity (Wildman–Crippen MR) is 76.5 cm³/mol. The van der Waals surface area contributed by atoms with Crippen LogP contribution in [0.5, 0.6) is 0 Å². The summed E-state index contributed by atoms with van der Waals surface area (Å²) in [5.41, 5.74) is 0.331. The number of aromatic nitrogens is 2. The Balaban J connectivity index is 2.48. The minimum absolute atomic E-state index is 0.0260. The number of anilines is 1. The lowest BCUT2D eigenvalue weighted by Crippen LogP contribution is -2.26. The molecule has 0 unspecified atom stereocenters. The minimum Gasteiger partial charge on any atom is -0.481 e. The first-order valence-corrected chi connectivity index (χ1v) is 6.95. The van der Waals surface area contributed by atoms with E-state index in [2.05, 4.69) is 5.10 Å². The van der Waals surface area contributed by atoms with E-state index >= 15 is 0 Å². The summed E-state index contributed by atoms with van der Waals surface area (Å²) < 4.78 is 1.62. The number of aryl methyl sites for hydroxylation is 1. The second kappa shape index (κ2) is 5.34. The van der Waals surface area contributed by atoms with E-state index in [0.29, 0.717) is 18.1 Å². The Morgan fingerprint density at radius 3 is 2.52 bits per heavy atom. The van der Waals surface area contributed by atoms with E-state index in [1.54, 1.807) is 16.5 Å². The van der Waals surface area contributed by atoms with E-state index in [1.807, 2.05) is 20.8 Å². The zero-order valence-corrected chi connectivity index (χ0v) is 12.6. The molecular weight excluding hydrogens is 276 g/mol. The highest BCUT2D eigenvalue weighted by Gasteiger charge is 2.40. The van der Waals surface area contributed by atoms with Crippen LogP contribution in [0.25, 0.3) is 0 Å². The highest BCUT2D eigenvalue weighted by Crippen LogP contribution is 2.38. The molecule has 1 fully saturated rings. The van der Waals surface area contributed by atoms with Gasteiger partial charge in [-0.15, -0.1) is 0 Å². The standard InChI is InChI=1S/C13H20N4O4/c1-7(2)16-12(11(17(20)21)9(4)14-16)15-5-8(3)10(6-15)13(18)19/h7-8,10H,5-6H2,1-4H3,(H,18,19)/t8-,10-/m1/s1. The average Bonchev–Trinajstić information content (AvgIpc) is 2.89. The molecule has 0 aliphatic carbocycles. The van der Waals surface area contributed by atoms with Crippen LogP contribution >= 0.6 is 0 Å². The number of hydrogen-bond acceptors (Lipinski definition) is 5. The van der Waals surface area contributed by atoms with Gasteiger partial charge in [-0.2, -0.15) is 5.10 Å². The number of carboxylic acids is 1. The zero-order chi connectivity index (χ0) is 15.9. The van der Waals surface area contributed by atoms with Gasteiger partial charge in [0.25, 0.3) is 0 Å². The normalized spacial score (nSPS) is 22.0. The van der Waals surface area contributed by atoms with E-state index in [0.717, 1.165) is 0 Å². The number of carbonyl (C=O) groups is 1. The van der Waals surface area contributed by atoms with Crippen molar-refractivity contribution >= 4 is 17.5 Å². The number of hydrogen-bond donors (Lipinski definition) is 1. The van der Waals surface area contributed by atoms with Crippen LogP contribution in [-0.2, 0) is 4.79 Å². The lowest BCUT2D eigenvalue weighted by Gasteiger charge is -2.20. The van der Waals surface area contributed by atoms with Crippen LogP contribution in [0.3, 0.4) is 0 Å². The Kier molecular flexibility index (Phi) is 3.89. The molecule has 21 heavy (non-hydrogen) atoms. The topological polar surface area (TPSA) is 102 Å². The summed E-state index contributed by atoms with van der Waals surface area (Å²) >= 11 is 0. The Morgan fingerprint density at radius 1 is 1.48 bits per heavy atom. The van der Waals surface area contributed by atoms with Gasteiger partial charge in [0.1, 0.15) is 5.69 Å². The molecule has 0 radical (unpaired) electrons. The lowest BCUT2D eigenvalue weighted by atomic mass is 9.99. The van der Waals surface area contributed by atoms with Crippen LogP contribution in [0.15, 0.2) is 0 Å². The summed E-state index contributed by atoms with van der Waals surface area (Å²) in [6.45, 7) is 8.01. The molecule has 116 valence electrons. The Bertz CT molecular complexity index is 581. The molecule has 0 amide bonds. The number of rotatable bonds is 4. The zero-order valence-electron chi connectivity index (χ0n) is 12.6. The predicted octanol–water partition coefficient (Wildman–Crippen LogP) is 1.84.